The number of amides is 2. The van der Waals surface area contributed by atoms with Crippen LogP contribution in [0.2, 0.25) is 0 Å². The molecular weight excluding hydrogens is 577 g/mol. The van der Waals surface area contributed by atoms with Gasteiger partial charge in [0.2, 0.25) is 5.91 Å². The number of anilines is 1. The van der Waals surface area contributed by atoms with E-state index in [0.717, 1.165) is 18.4 Å². The van der Waals surface area contributed by atoms with Crippen molar-refractivity contribution in [2.75, 3.05) is 38.7 Å². The van der Waals surface area contributed by atoms with Crippen LogP contribution in [0.1, 0.15) is 68.8 Å². The van der Waals surface area contributed by atoms with Gasteiger partial charge in [0.1, 0.15) is 5.75 Å². The van der Waals surface area contributed by atoms with E-state index >= 15 is 0 Å². The number of fused-ring (bicyclic) bond motifs is 1. The predicted molar refractivity (Wildman–Crippen MR) is 161 cm³/mol. The molecule has 1 aliphatic heterocycles. The molecule has 1 aliphatic rings. The van der Waals surface area contributed by atoms with Gasteiger partial charge >= 0.3 is 6.18 Å². The summed E-state index contributed by atoms with van der Waals surface area (Å²) in [4.78, 5) is 34.2. The van der Waals surface area contributed by atoms with Gasteiger partial charge in [-0.05, 0) is 76.1 Å². The van der Waals surface area contributed by atoms with Crippen LogP contribution in [0, 0.1) is 5.92 Å². The third-order valence-electron chi connectivity index (χ3n) is 7.66. The first-order chi connectivity index (χ1) is 20.9. The Kier molecular flexibility index (Phi) is 13.4. The summed E-state index contributed by atoms with van der Waals surface area (Å²) >= 11 is 0. The van der Waals surface area contributed by atoms with Gasteiger partial charge in [0.05, 0.1) is 36.8 Å². The van der Waals surface area contributed by atoms with Gasteiger partial charge in [0.25, 0.3) is 5.91 Å². The van der Waals surface area contributed by atoms with Crippen LogP contribution in [-0.4, -0.2) is 89.5 Å². The molecule has 0 saturated heterocycles. The van der Waals surface area contributed by atoms with Crippen molar-refractivity contribution in [1.29, 1.82) is 0 Å². The lowest BCUT2D eigenvalue weighted by molar-refractivity contribution is -0.142. The van der Waals surface area contributed by atoms with Crippen molar-refractivity contribution >= 4 is 17.5 Å². The first-order valence-electron chi connectivity index (χ1n) is 15.1. The van der Waals surface area contributed by atoms with Crippen LogP contribution in [0.25, 0.3) is 0 Å². The topological polar surface area (TPSA) is 104 Å². The fourth-order valence-electron chi connectivity index (χ4n) is 5.11. The monoisotopic (exact) mass is 622 g/mol. The van der Waals surface area contributed by atoms with Crippen molar-refractivity contribution in [2.24, 2.45) is 5.92 Å². The van der Waals surface area contributed by atoms with Crippen molar-refractivity contribution < 1.29 is 37.3 Å². The summed E-state index contributed by atoms with van der Waals surface area (Å²) in [7, 11) is 2.01. The minimum atomic E-state index is -4.46. The maximum atomic E-state index is 14.1. The van der Waals surface area contributed by atoms with E-state index < -0.39 is 36.9 Å². The lowest BCUT2D eigenvalue weighted by Gasteiger charge is -2.36. The highest BCUT2D eigenvalue weighted by atomic mass is 19.4. The lowest BCUT2D eigenvalue weighted by Crippen LogP contribution is -2.47. The molecule has 0 radical (unpaired) electrons. The Morgan fingerprint density at radius 3 is 2.61 bits per heavy atom. The zero-order valence-corrected chi connectivity index (χ0v) is 26.0. The summed E-state index contributed by atoms with van der Waals surface area (Å²) in [6.45, 7) is 7.51. The standard InChI is InChI=1S/C32H45F3N4O5/c1-22-18-39(23(2)21-40)31(42)27-17-26(37-30(41)10-13-32(33,34)35)8-9-28(27)44-24(3)7-5-6-16-43-29(22)20-38(4)19-25-11-14-36-15-12-25/h8-9,11-12,14-15,17,22-24,29,40H,5-7,10,13,16,18-21H2,1-4H3,(H,37,41)/t22-,23-,24-,29+/m1/s1. The predicted octanol–water partition coefficient (Wildman–Crippen LogP) is 5.29. The Bertz CT molecular complexity index is 1200. The summed E-state index contributed by atoms with van der Waals surface area (Å²) in [5.74, 6) is -1.05. The Morgan fingerprint density at radius 1 is 1.20 bits per heavy atom. The number of nitrogens with zero attached hydrogens (tertiary/aromatic N) is 3. The number of nitrogens with one attached hydrogen (secondary N) is 1. The molecule has 4 atom stereocenters. The molecule has 9 nitrogen and oxygen atoms in total. The number of carbonyl (C=O) groups is 2. The van der Waals surface area contributed by atoms with Crippen molar-refractivity contribution in [3.8, 4) is 5.75 Å². The van der Waals surface area contributed by atoms with Crippen LogP contribution in [-0.2, 0) is 16.1 Å². The van der Waals surface area contributed by atoms with Crippen molar-refractivity contribution in [1.82, 2.24) is 14.8 Å². The molecule has 2 amide bonds. The SMILES string of the molecule is C[C@@H]1CCCCO[C@@H](CN(C)Cc2ccncc2)[C@H](C)CN([C@H](C)CO)C(=O)c2cc(NC(=O)CCC(F)(F)F)ccc2O1. The number of rotatable bonds is 9. The largest absolute Gasteiger partial charge is 0.490 e. The van der Waals surface area contributed by atoms with Gasteiger partial charge in [-0.1, -0.05) is 6.92 Å². The fraction of sp³-hybridized carbons (Fsp3) is 0.594. The number of aliphatic hydroxyl groups excluding tert-OH is 1. The summed E-state index contributed by atoms with van der Waals surface area (Å²) < 4.78 is 50.5. The molecule has 0 aliphatic carbocycles. The number of carbonyl (C=O) groups excluding carboxylic acids is 2. The second-order valence-corrected chi connectivity index (χ2v) is 11.7. The number of hydrogen-bond acceptors (Lipinski definition) is 7. The molecule has 2 aromatic rings. The molecule has 44 heavy (non-hydrogen) atoms. The zero-order valence-electron chi connectivity index (χ0n) is 26.0. The smallest absolute Gasteiger partial charge is 0.389 e. The Morgan fingerprint density at radius 2 is 1.93 bits per heavy atom. The molecule has 0 fully saturated rings. The number of halogens is 3. The highest BCUT2D eigenvalue weighted by Crippen LogP contribution is 2.29. The Hall–Kier alpha value is -3.22. The maximum Gasteiger partial charge on any atom is 0.389 e. The number of alkyl halides is 3. The Balaban J connectivity index is 1.89. The van der Waals surface area contributed by atoms with Gasteiger partial charge in [0.15, 0.2) is 0 Å². The van der Waals surface area contributed by atoms with Gasteiger partial charge in [0, 0.05) is 56.7 Å². The molecule has 2 heterocycles. The van der Waals surface area contributed by atoms with E-state index in [-0.39, 0.29) is 42.5 Å². The minimum Gasteiger partial charge on any atom is -0.490 e. The molecule has 0 unspecified atom stereocenters. The molecule has 0 bridgehead atoms. The number of benzene rings is 1. The highest BCUT2D eigenvalue weighted by Gasteiger charge is 2.31. The second kappa shape index (κ2) is 16.7. The minimum absolute atomic E-state index is 0.121. The van der Waals surface area contributed by atoms with Gasteiger partial charge in [-0.25, -0.2) is 0 Å². The molecule has 12 heteroatoms. The first kappa shape index (κ1) is 35.3. The summed E-state index contributed by atoms with van der Waals surface area (Å²) in [6, 6.07) is 7.87. The van der Waals surface area contributed by atoms with Crippen molar-refractivity contribution in [2.45, 2.75) is 83.8 Å². The van der Waals surface area contributed by atoms with Crippen LogP contribution in [0.5, 0.6) is 5.75 Å². The van der Waals surface area contributed by atoms with Crippen LogP contribution in [0.4, 0.5) is 18.9 Å². The van der Waals surface area contributed by atoms with E-state index in [2.05, 4.69) is 15.2 Å². The van der Waals surface area contributed by atoms with E-state index in [1.165, 1.54) is 12.1 Å². The van der Waals surface area contributed by atoms with E-state index in [4.69, 9.17) is 9.47 Å². The van der Waals surface area contributed by atoms with Crippen LogP contribution in [0.15, 0.2) is 42.7 Å². The number of ether oxygens (including phenoxy) is 2. The van der Waals surface area contributed by atoms with E-state index in [9.17, 15) is 27.9 Å². The number of likely N-dealkylation sites (N-methyl/N-ethyl adjacent to an activating group) is 1. The molecule has 0 saturated carbocycles. The second-order valence-electron chi connectivity index (χ2n) is 11.7. The van der Waals surface area contributed by atoms with E-state index in [1.807, 2.05) is 33.0 Å². The molecular formula is C32H45F3N4O5. The average Bonchev–Trinajstić information content (AvgIpc) is 2.97. The average molecular weight is 623 g/mol. The molecule has 1 aromatic carbocycles. The molecule has 2 N–H and O–H groups in total. The van der Waals surface area contributed by atoms with Crippen LogP contribution >= 0.6 is 0 Å². The number of aromatic nitrogens is 1. The van der Waals surface area contributed by atoms with Gasteiger partial charge < -0.3 is 24.8 Å². The van der Waals surface area contributed by atoms with Gasteiger partial charge in [-0.2, -0.15) is 13.2 Å². The van der Waals surface area contributed by atoms with Crippen LogP contribution in [0.3, 0.4) is 0 Å². The van der Waals surface area contributed by atoms with Crippen molar-refractivity contribution in [3.63, 3.8) is 0 Å². The quantitative estimate of drug-likeness (QED) is 0.392. The zero-order chi connectivity index (χ0) is 32.3. The molecule has 3 rings (SSSR count). The van der Waals surface area contributed by atoms with Gasteiger partial charge in [-0.3, -0.25) is 19.5 Å². The third kappa shape index (κ3) is 11.4. The fourth-order valence-corrected chi connectivity index (χ4v) is 5.11. The van der Waals surface area contributed by atoms with Gasteiger partial charge in [-0.15, -0.1) is 0 Å². The summed E-state index contributed by atoms with van der Waals surface area (Å²) in [6.07, 6.45) is -0.977. The number of hydrogen-bond donors (Lipinski definition) is 2. The lowest BCUT2D eigenvalue weighted by atomic mass is 10.0. The molecule has 1 aromatic heterocycles. The summed E-state index contributed by atoms with van der Waals surface area (Å²) in [5.41, 5.74) is 1.46. The molecule has 244 valence electrons. The van der Waals surface area contributed by atoms with E-state index in [0.29, 0.717) is 31.9 Å². The number of pyridine rings is 1. The first-order valence-corrected chi connectivity index (χ1v) is 15.1. The maximum absolute atomic E-state index is 14.1. The van der Waals surface area contributed by atoms with Crippen LogP contribution < -0.4 is 10.1 Å². The van der Waals surface area contributed by atoms with E-state index in [1.54, 1.807) is 30.3 Å². The number of aliphatic hydroxyl groups is 1. The summed E-state index contributed by atoms with van der Waals surface area (Å²) in [5, 5.41) is 12.6. The Labute approximate surface area is 257 Å². The molecule has 0 spiro atoms. The highest BCUT2D eigenvalue weighted by molar-refractivity contribution is 5.99. The third-order valence-corrected chi connectivity index (χ3v) is 7.66. The van der Waals surface area contributed by atoms with Crippen molar-refractivity contribution in [3.05, 3.63) is 53.9 Å². The normalized spacial score (nSPS) is 21.2.